The van der Waals surface area contributed by atoms with Crippen LogP contribution in [-0.4, -0.2) is 13.2 Å². The maximum atomic E-state index is 8.84. The van der Waals surface area contributed by atoms with Crippen molar-refractivity contribution in [2.45, 2.75) is 32.9 Å². The van der Waals surface area contributed by atoms with Gasteiger partial charge in [0.1, 0.15) is 5.75 Å². The van der Waals surface area contributed by atoms with Crippen molar-refractivity contribution in [1.29, 1.82) is 5.26 Å². The predicted octanol–water partition coefficient (Wildman–Crippen LogP) is 2.45. The Morgan fingerprint density at radius 2 is 2.25 bits per heavy atom. The summed E-state index contributed by atoms with van der Waals surface area (Å²) in [4.78, 5) is 0. The van der Waals surface area contributed by atoms with E-state index in [1.165, 1.54) is 0 Å². The van der Waals surface area contributed by atoms with Crippen LogP contribution >= 0.6 is 0 Å². The van der Waals surface area contributed by atoms with Gasteiger partial charge in [0.2, 0.25) is 0 Å². The van der Waals surface area contributed by atoms with E-state index in [0.717, 1.165) is 24.3 Å². The molecule has 0 bridgehead atoms. The fraction of sp³-hybridized carbons (Fsp3) is 0.462. The molecular weight excluding hydrogens is 200 g/mol. The van der Waals surface area contributed by atoms with E-state index in [9.17, 15) is 0 Å². The first-order chi connectivity index (χ1) is 7.71. The first-order valence-electron chi connectivity index (χ1n) is 5.51. The van der Waals surface area contributed by atoms with Crippen molar-refractivity contribution in [3.05, 3.63) is 29.3 Å². The number of hydrogen-bond acceptors (Lipinski definition) is 3. The molecule has 1 atom stereocenters. The lowest BCUT2D eigenvalue weighted by atomic mass is 10.1. The third-order valence-corrected chi connectivity index (χ3v) is 2.66. The normalized spacial score (nSPS) is 11.9. The van der Waals surface area contributed by atoms with Gasteiger partial charge < -0.3 is 10.1 Å². The minimum Gasteiger partial charge on any atom is -0.496 e. The predicted molar refractivity (Wildman–Crippen MR) is 64.3 cm³/mol. The molecule has 1 rings (SSSR count). The number of rotatable bonds is 5. The molecule has 0 aromatic heterocycles. The summed E-state index contributed by atoms with van der Waals surface area (Å²) in [5.74, 6) is 0.829. The van der Waals surface area contributed by atoms with Crippen LogP contribution in [-0.2, 0) is 6.54 Å². The number of nitrogens with one attached hydrogen (secondary N) is 1. The first kappa shape index (κ1) is 12.5. The van der Waals surface area contributed by atoms with Crippen molar-refractivity contribution in [1.82, 2.24) is 5.32 Å². The Bertz CT molecular complexity index is 382. The molecule has 0 aliphatic carbocycles. The highest BCUT2D eigenvalue weighted by Gasteiger charge is 2.05. The van der Waals surface area contributed by atoms with E-state index in [1.807, 2.05) is 12.1 Å². The van der Waals surface area contributed by atoms with Crippen LogP contribution < -0.4 is 10.1 Å². The van der Waals surface area contributed by atoms with E-state index < -0.39 is 0 Å². The van der Waals surface area contributed by atoms with E-state index in [0.29, 0.717) is 11.6 Å². The second-order valence-electron chi connectivity index (χ2n) is 3.83. The molecule has 0 aliphatic rings. The zero-order valence-corrected chi connectivity index (χ0v) is 10.1. The molecular formula is C13H18N2O. The Morgan fingerprint density at radius 3 is 2.81 bits per heavy atom. The van der Waals surface area contributed by atoms with Gasteiger partial charge in [0.05, 0.1) is 18.7 Å². The summed E-state index contributed by atoms with van der Waals surface area (Å²) < 4.78 is 5.26. The topological polar surface area (TPSA) is 45.0 Å². The smallest absolute Gasteiger partial charge is 0.123 e. The largest absolute Gasteiger partial charge is 0.496 e. The van der Waals surface area contributed by atoms with Gasteiger partial charge >= 0.3 is 0 Å². The average molecular weight is 218 g/mol. The van der Waals surface area contributed by atoms with E-state index in [2.05, 4.69) is 25.2 Å². The van der Waals surface area contributed by atoms with Crippen molar-refractivity contribution in [2.24, 2.45) is 0 Å². The van der Waals surface area contributed by atoms with Crippen LogP contribution in [0.3, 0.4) is 0 Å². The lowest BCUT2D eigenvalue weighted by Crippen LogP contribution is -2.24. The fourth-order valence-corrected chi connectivity index (χ4v) is 1.41. The minimum atomic E-state index is 0.468. The van der Waals surface area contributed by atoms with Crippen molar-refractivity contribution < 1.29 is 4.74 Å². The van der Waals surface area contributed by atoms with Gasteiger partial charge in [-0.3, -0.25) is 0 Å². The molecule has 0 spiro atoms. The lowest BCUT2D eigenvalue weighted by Gasteiger charge is -2.13. The third kappa shape index (κ3) is 3.25. The molecule has 0 aliphatic heterocycles. The highest BCUT2D eigenvalue weighted by molar-refractivity contribution is 5.41. The monoisotopic (exact) mass is 218 g/mol. The summed E-state index contributed by atoms with van der Waals surface area (Å²) in [5, 5.41) is 12.2. The Morgan fingerprint density at radius 1 is 1.50 bits per heavy atom. The number of benzene rings is 1. The highest BCUT2D eigenvalue weighted by Crippen LogP contribution is 2.19. The molecule has 1 unspecified atom stereocenters. The van der Waals surface area contributed by atoms with Crippen LogP contribution in [0.2, 0.25) is 0 Å². The van der Waals surface area contributed by atoms with E-state index in [4.69, 9.17) is 10.00 Å². The van der Waals surface area contributed by atoms with Crippen molar-refractivity contribution in [3.63, 3.8) is 0 Å². The van der Waals surface area contributed by atoms with Crippen molar-refractivity contribution in [3.8, 4) is 11.8 Å². The second-order valence-corrected chi connectivity index (χ2v) is 3.83. The Hall–Kier alpha value is -1.53. The molecule has 1 N–H and O–H groups in total. The molecule has 0 saturated heterocycles. The van der Waals surface area contributed by atoms with Crippen LogP contribution in [0.25, 0.3) is 0 Å². The molecule has 1 aromatic rings. The van der Waals surface area contributed by atoms with Crippen LogP contribution in [0.1, 0.15) is 31.4 Å². The Kier molecular flexibility index (Phi) is 4.81. The average Bonchev–Trinajstić information content (AvgIpc) is 2.35. The second kappa shape index (κ2) is 6.14. The number of hydrogen-bond donors (Lipinski definition) is 1. The first-order valence-corrected chi connectivity index (χ1v) is 5.51. The Balaban J connectivity index is 2.80. The van der Waals surface area contributed by atoms with Gasteiger partial charge in [-0.05, 0) is 31.5 Å². The summed E-state index contributed by atoms with van der Waals surface area (Å²) >= 11 is 0. The molecule has 0 saturated carbocycles. The molecule has 0 amide bonds. The van der Waals surface area contributed by atoms with Crippen LogP contribution in [0.4, 0.5) is 0 Å². The summed E-state index contributed by atoms with van der Waals surface area (Å²) in [5.41, 5.74) is 1.70. The van der Waals surface area contributed by atoms with Gasteiger partial charge in [-0.1, -0.05) is 6.92 Å². The van der Waals surface area contributed by atoms with E-state index in [1.54, 1.807) is 13.2 Å². The lowest BCUT2D eigenvalue weighted by molar-refractivity contribution is 0.405. The number of nitriles is 1. The maximum Gasteiger partial charge on any atom is 0.123 e. The molecule has 3 heteroatoms. The van der Waals surface area contributed by atoms with Crippen molar-refractivity contribution >= 4 is 0 Å². The van der Waals surface area contributed by atoms with Gasteiger partial charge in [0, 0.05) is 18.2 Å². The van der Waals surface area contributed by atoms with Crippen LogP contribution in [0, 0.1) is 11.3 Å². The van der Waals surface area contributed by atoms with Crippen molar-refractivity contribution in [2.75, 3.05) is 7.11 Å². The standard InChI is InChI=1S/C13H18N2O/c1-4-10(2)15-9-12-7-11(8-14)5-6-13(12)16-3/h5-7,10,15H,4,9H2,1-3H3. The number of methoxy groups -OCH3 is 1. The number of nitrogens with zero attached hydrogens (tertiary/aromatic N) is 1. The third-order valence-electron chi connectivity index (χ3n) is 2.66. The summed E-state index contributed by atoms with van der Waals surface area (Å²) in [6.07, 6.45) is 1.08. The quantitative estimate of drug-likeness (QED) is 0.825. The molecule has 1 aromatic carbocycles. The van der Waals surface area contributed by atoms with Gasteiger partial charge in [0.25, 0.3) is 0 Å². The van der Waals surface area contributed by atoms with Gasteiger partial charge in [-0.15, -0.1) is 0 Å². The molecule has 0 heterocycles. The highest BCUT2D eigenvalue weighted by atomic mass is 16.5. The zero-order valence-electron chi connectivity index (χ0n) is 10.1. The molecule has 16 heavy (non-hydrogen) atoms. The van der Waals surface area contributed by atoms with Crippen LogP contribution in [0.15, 0.2) is 18.2 Å². The number of ether oxygens (including phenoxy) is 1. The molecule has 86 valence electrons. The minimum absolute atomic E-state index is 0.468. The van der Waals surface area contributed by atoms with Crippen LogP contribution in [0.5, 0.6) is 5.75 Å². The Labute approximate surface area is 97.0 Å². The summed E-state index contributed by atoms with van der Waals surface area (Å²) in [6.45, 7) is 5.01. The summed E-state index contributed by atoms with van der Waals surface area (Å²) in [6, 6.07) is 8.08. The van der Waals surface area contributed by atoms with E-state index in [-0.39, 0.29) is 0 Å². The fourth-order valence-electron chi connectivity index (χ4n) is 1.41. The van der Waals surface area contributed by atoms with Gasteiger partial charge in [-0.25, -0.2) is 0 Å². The molecule has 0 fully saturated rings. The van der Waals surface area contributed by atoms with E-state index >= 15 is 0 Å². The molecule has 3 nitrogen and oxygen atoms in total. The summed E-state index contributed by atoms with van der Waals surface area (Å²) in [7, 11) is 1.65. The molecule has 0 radical (unpaired) electrons. The zero-order chi connectivity index (χ0) is 12.0. The van der Waals surface area contributed by atoms with Gasteiger partial charge in [0.15, 0.2) is 0 Å². The maximum absolute atomic E-state index is 8.84. The van der Waals surface area contributed by atoms with Gasteiger partial charge in [-0.2, -0.15) is 5.26 Å². The SMILES string of the molecule is CCC(C)NCc1cc(C#N)ccc1OC.